The van der Waals surface area contributed by atoms with E-state index in [-0.39, 0.29) is 18.6 Å². The van der Waals surface area contributed by atoms with Crippen LogP contribution in [0.3, 0.4) is 0 Å². The molecule has 1 aromatic carbocycles. The van der Waals surface area contributed by atoms with E-state index in [0.29, 0.717) is 5.92 Å². The molecule has 5 heteroatoms. The molecule has 0 fully saturated rings. The number of carbonyl (C=O) groups excluding carboxylic acids is 1. The second-order valence-electron chi connectivity index (χ2n) is 5.84. The standard InChI is InChI=1S/C18H24N2O2S/c1-12(2)13-6-8-14(9-7-13)17(16-5-4-10-23-16)20-18(21)15(19)11-22-3/h4-10,12,15,17H,11,19H2,1-3H3,(H,20,21). The minimum atomic E-state index is -0.669. The lowest BCUT2D eigenvalue weighted by Crippen LogP contribution is -2.44. The van der Waals surface area contributed by atoms with Crippen LogP contribution in [-0.2, 0) is 9.53 Å². The van der Waals surface area contributed by atoms with E-state index < -0.39 is 6.04 Å². The van der Waals surface area contributed by atoms with Gasteiger partial charge in [0.2, 0.25) is 5.91 Å². The minimum Gasteiger partial charge on any atom is -0.383 e. The zero-order chi connectivity index (χ0) is 16.8. The van der Waals surface area contributed by atoms with Gasteiger partial charge in [0, 0.05) is 12.0 Å². The van der Waals surface area contributed by atoms with Crippen LogP contribution in [0.4, 0.5) is 0 Å². The number of thiophene rings is 1. The van der Waals surface area contributed by atoms with Crippen molar-refractivity contribution in [1.29, 1.82) is 0 Å². The Balaban J connectivity index is 2.23. The van der Waals surface area contributed by atoms with Crippen LogP contribution in [0, 0.1) is 0 Å². The molecule has 0 radical (unpaired) electrons. The number of hydrogen-bond acceptors (Lipinski definition) is 4. The fourth-order valence-electron chi connectivity index (χ4n) is 2.35. The van der Waals surface area contributed by atoms with E-state index in [2.05, 4.69) is 43.4 Å². The first-order valence-electron chi connectivity index (χ1n) is 7.71. The first kappa shape index (κ1) is 17.7. The van der Waals surface area contributed by atoms with E-state index >= 15 is 0 Å². The number of rotatable bonds is 7. The molecule has 3 N–H and O–H groups in total. The van der Waals surface area contributed by atoms with Crippen LogP contribution in [0.5, 0.6) is 0 Å². The number of ether oxygens (including phenoxy) is 1. The lowest BCUT2D eigenvalue weighted by atomic mass is 9.98. The SMILES string of the molecule is COCC(N)C(=O)NC(c1ccc(C(C)C)cc1)c1cccs1. The van der Waals surface area contributed by atoms with Gasteiger partial charge in [-0.3, -0.25) is 4.79 Å². The highest BCUT2D eigenvalue weighted by Gasteiger charge is 2.21. The maximum atomic E-state index is 12.3. The highest BCUT2D eigenvalue weighted by Crippen LogP contribution is 2.27. The van der Waals surface area contributed by atoms with Crippen molar-refractivity contribution < 1.29 is 9.53 Å². The van der Waals surface area contributed by atoms with Crippen molar-refractivity contribution in [3.05, 3.63) is 57.8 Å². The predicted octanol–water partition coefficient (Wildman–Crippen LogP) is 3.05. The maximum absolute atomic E-state index is 12.3. The van der Waals surface area contributed by atoms with E-state index in [1.807, 2.05) is 17.5 Å². The van der Waals surface area contributed by atoms with E-state index in [1.165, 1.54) is 12.7 Å². The summed E-state index contributed by atoms with van der Waals surface area (Å²) >= 11 is 1.62. The summed E-state index contributed by atoms with van der Waals surface area (Å²) in [4.78, 5) is 13.4. The molecule has 1 aromatic heterocycles. The molecule has 2 unspecified atom stereocenters. The second-order valence-corrected chi connectivity index (χ2v) is 6.82. The number of amides is 1. The van der Waals surface area contributed by atoms with Crippen molar-refractivity contribution in [3.8, 4) is 0 Å². The molecule has 0 aliphatic carbocycles. The van der Waals surface area contributed by atoms with Crippen molar-refractivity contribution >= 4 is 17.2 Å². The summed E-state index contributed by atoms with van der Waals surface area (Å²) in [5, 5.41) is 5.04. The van der Waals surface area contributed by atoms with Crippen LogP contribution in [0.25, 0.3) is 0 Å². The summed E-state index contributed by atoms with van der Waals surface area (Å²) in [5.74, 6) is 0.271. The van der Waals surface area contributed by atoms with Gasteiger partial charge < -0.3 is 15.8 Å². The molecule has 23 heavy (non-hydrogen) atoms. The lowest BCUT2D eigenvalue weighted by molar-refractivity contribution is -0.123. The number of nitrogens with one attached hydrogen (secondary N) is 1. The topological polar surface area (TPSA) is 64.3 Å². The summed E-state index contributed by atoms with van der Waals surface area (Å²) in [6.07, 6.45) is 0. The Kier molecular flexibility index (Phi) is 6.33. The van der Waals surface area contributed by atoms with Crippen molar-refractivity contribution in [3.63, 3.8) is 0 Å². The van der Waals surface area contributed by atoms with Crippen LogP contribution in [0.15, 0.2) is 41.8 Å². The molecular formula is C18H24N2O2S. The molecule has 0 bridgehead atoms. The van der Waals surface area contributed by atoms with E-state index in [1.54, 1.807) is 11.3 Å². The average Bonchev–Trinajstić information content (AvgIpc) is 3.06. The van der Waals surface area contributed by atoms with Crippen LogP contribution in [0.2, 0.25) is 0 Å². The monoisotopic (exact) mass is 332 g/mol. The quantitative estimate of drug-likeness (QED) is 0.819. The van der Waals surface area contributed by atoms with Crippen LogP contribution in [0.1, 0.15) is 41.8 Å². The van der Waals surface area contributed by atoms with Gasteiger partial charge in [-0.1, -0.05) is 44.2 Å². The first-order chi connectivity index (χ1) is 11.0. The third kappa shape index (κ3) is 4.64. The molecule has 2 rings (SSSR count). The number of methoxy groups -OCH3 is 1. The Bertz CT molecular complexity index is 608. The first-order valence-corrected chi connectivity index (χ1v) is 8.59. The van der Waals surface area contributed by atoms with E-state index in [0.717, 1.165) is 10.4 Å². The molecule has 0 aliphatic rings. The van der Waals surface area contributed by atoms with Gasteiger partial charge in [-0.25, -0.2) is 0 Å². The summed E-state index contributed by atoms with van der Waals surface area (Å²) in [6, 6.07) is 11.5. The zero-order valence-electron chi connectivity index (χ0n) is 13.8. The molecule has 1 amide bonds. The minimum absolute atomic E-state index is 0.188. The van der Waals surface area contributed by atoms with Crippen molar-refractivity contribution in [2.75, 3.05) is 13.7 Å². The highest BCUT2D eigenvalue weighted by atomic mass is 32.1. The van der Waals surface area contributed by atoms with Gasteiger partial charge in [0.05, 0.1) is 12.6 Å². The number of benzene rings is 1. The molecule has 0 saturated heterocycles. The van der Waals surface area contributed by atoms with Gasteiger partial charge in [0.15, 0.2) is 0 Å². The summed E-state index contributed by atoms with van der Waals surface area (Å²) in [5.41, 5.74) is 8.17. The highest BCUT2D eigenvalue weighted by molar-refractivity contribution is 7.10. The Hall–Kier alpha value is -1.69. The van der Waals surface area contributed by atoms with Crippen molar-refractivity contribution in [2.24, 2.45) is 5.73 Å². The van der Waals surface area contributed by atoms with E-state index in [4.69, 9.17) is 10.5 Å². The smallest absolute Gasteiger partial charge is 0.240 e. The number of hydrogen-bond donors (Lipinski definition) is 2. The molecule has 0 saturated carbocycles. The van der Waals surface area contributed by atoms with Crippen molar-refractivity contribution in [1.82, 2.24) is 5.32 Å². The van der Waals surface area contributed by atoms with Crippen LogP contribution < -0.4 is 11.1 Å². The molecule has 124 valence electrons. The van der Waals surface area contributed by atoms with Gasteiger partial charge in [0.25, 0.3) is 0 Å². The molecule has 2 aromatic rings. The van der Waals surface area contributed by atoms with Crippen molar-refractivity contribution in [2.45, 2.75) is 31.8 Å². The van der Waals surface area contributed by atoms with Gasteiger partial charge in [-0.2, -0.15) is 0 Å². The Morgan fingerprint density at radius 2 is 1.87 bits per heavy atom. The largest absolute Gasteiger partial charge is 0.383 e. The normalized spacial score (nSPS) is 13.8. The van der Waals surface area contributed by atoms with Gasteiger partial charge in [0.1, 0.15) is 6.04 Å². The molecular weight excluding hydrogens is 308 g/mol. The number of carbonyl (C=O) groups is 1. The van der Waals surface area contributed by atoms with Gasteiger partial charge in [-0.15, -0.1) is 11.3 Å². The summed E-state index contributed by atoms with van der Waals surface area (Å²) in [7, 11) is 1.54. The Morgan fingerprint density at radius 1 is 1.22 bits per heavy atom. The molecule has 1 heterocycles. The van der Waals surface area contributed by atoms with Crippen LogP contribution >= 0.6 is 11.3 Å². The molecule has 4 nitrogen and oxygen atoms in total. The van der Waals surface area contributed by atoms with Crippen LogP contribution in [-0.4, -0.2) is 25.7 Å². The summed E-state index contributed by atoms with van der Waals surface area (Å²) < 4.78 is 4.96. The maximum Gasteiger partial charge on any atom is 0.240 e. The molecule has 2 atom stereocenters. The summed E-state index contributed by atoms with van der Waals surface area (Å²) in [6.45, 7) is 4.53. The Labute approximate surface area is 141 Å². The van der Waals surface area contributed by atoms with Gasteiger partial charge >= 0.3 is 0 Å². The second kappa shape index (κ2) is 8.24. The third-order valence-corrected chi connectivity index (χ3v) is 4.67. The Morgan fingerprint density at radius 3 is 2.39 bits per heavy atom. The third-order valence-electron chi connectivity index (χ3n) is 3.73. The molecule has 0 spiro atoms. The van der Waals surface area contributed by atoms with Gasteiger partial charge in [-0.05, 0) is 28.5 Å². The average molecular weight is 332 g/mol. The number of nitrogens with two attached hydrogens (primary N) is 1. The zero-order valence-corrected chi connectivity index (χ0v) is 14.6. The lowest BCUT2D eigenvalue weighted by Gasteiger charge is -2.21. The molecule has 0 aliphatic heterocycles. The fourth-order valence-corrected chi connectivity index (χ4v) is 3.15. The fraction of sp³-hybridized carbons (Fsp3) is 0.389. The van der Waals surface area contributed by atoms with E-state index in [9.17, 15) is 4.79 Å². The predicted molar refractivity (Wildman–Crippen MR) is 94.7 cm³/mol.